The lowest BCUT2D eigenvalue weighted by molar-refractivity contribution is 0.241. The van der Waals surface area contributed by atoms with Crippen molar-refractivity contribution >= 4 is 27.3 Å². The Morgan fingerprint density at radius 1 is 1.00 bits per heavy atom. The van der Waals surface area contributed by atoms with Gasteiger partial charge in [0.2, 0.25) is 0 Å². The molecule has 151 valence electrons. The van der Waals surface area contributed by atoms with Crippen LogP contribution in [0.2, 0.25) is 0 Å². The minimum atomic E-state index is -0.0593. The monoisotopic (exact) mass is 461 g/mol. The molecule has 0 fully saturated rings. The number of halogens is 1. The summed E-state index contributed by atoms with van der Waals surface area (Å²) in [6.07, 6.45) is 13.4. The Hall–Kier alpha value is -2.92. The molecule has 2 aromatic carbocycles. The van der Waals surface area contributed by atoms with Gasteiger partial charge in [0.05, 0.1) is 11.4 Å². The van der Waals surface area contributed by atoms with Crippen molar-refractivity contribution in [2.24, 2.45) is 0 Å². The van der Waals surface area contributed by atoms with E-state index < -0.39 is 0 Å². The number of hydrogen-bond donors (Lipinski definition) is 0. The molecule has 0 amide bonds. The average molecular weight is 462 g/mol. The second-order valence-electron chi connectivity index (χ2n) is 7.42. The van der Waals surface area contributed by atoms with Crippen LogP contribution in [0.25, 0.3) is 0 Å². The number of ether oxygens (including phenoxy) is 2. The Bertz CT molecular complexity index is 1040. The van der Waals surface area contributed by atoms with Gasteiger partial charge in [0.1, 0.15) is 31.5 Å². The quantitative estimate of drug-likeness (QED) is 0.514. The van der Waals surface area contributed by atoms with Crippen LogP contribution in [0, 0.1) is 6.67 Å². The molecule has 30 heavy (non-hydrogen) atoms. The van der Waals surface area contributed by atoms with Gasteiger partial charge in [-0.1, -0.05) is 58.4 Å². The second kappa shape index (κ2) is 8.44. The normalized spacial score (nSPS) is 18.3. The third-order valence-electron chi connectivity index (χ3n) is 5.47. The maximum absolute atomic E-state index is 5.89. The molecule has 1 atom stereocenters. The zero-order valence-electron chi connectivity index (χ0n) is 16.4. The lowest BCUT2D eigenvalue weighted by Crippen LogP contribution is -2.38. The average Bonchev–Trinajstić information content (AvgIpc) is 3.15. The smallest absolute Gasteiger partial charge is 0.165 e. The van der Waals surface area contributed by atoms with Gasteiger partial charge in [0, 0.05) is 11.0 Å². The molecule has 2 aliphatic heterocycles. The zero-order valence-corrected chi connectivity index (χ0v) is 18.0. The lowest BCUT2D eigenvalue weighted by Gasteiger charge is -2.33. The first-order chi connectivity index (χ1) is 14.8. The van der Waals surface area contributed by atoms with Crippen LogP contribution in [-0.2, 0) is 16.0 Å². The van der Waals surface area contributed by atoms with E-state index in [2.05, 4.69) is 99.2 Å². The molecule has 4 nitrogen and oxygen atoms in total. The fourth-order valence-corrected chi connectivity index (χ4v) is 4.33. The van der Waals surface area contributed by atoms with Crippen molar-refractivity contribution in [3.8, 4) is 0 Å². The number of fused-ring (bicyclic) bond motifs is 1. The summed E-state index contributed by atoms with van der Waals surface area (Å²) in [5.41, 5.74) is 4.90. The van der Waals surface area contributed by atoms with E-state index in [0.717, 1.165) is 35.3 Å². The van der Waals surface area contributed by atoms with Crippen molar-refractivity contribution in [3.63, 3.8) is 0 Å². The Kier molecular flexibility index (Phi) is 5.37. The molecule has 0 N–H and O–H groups in total. The van der Waals surface area contributed by atoms with Crippen molar-refractivity contribution in [1.82, 2.24) is 0 Å². The van der Waals surface area contributed by atoms with Crippen LogP contribution in [0.3, 0.4) is 0 Å². The maximum Gasteiger partial charge on any atom is 0.165 e. The largest absolute Gasteiger partial charge is 0.466 e. The second-order valence-corrected chi connectivity index (χ2v) is 8.34. The number of allylic oxidation sites excluding steroid dienone is 3. The van der Waals surface area contributed by atoms with Crippen LogP contribution in [0.5, 0.6) is 0 Å². The van der Waals surface area contributed by atoms with Gasteiger partial charge in [0.15, 0.2) is 5.76 Å². The topological polar surface area (TPSA) is 24.9 Å². The van der Waals surface area contributed by atoms with E-state index in [9.17, 15) is 0 Å². The third kappa shape index (κ3) is 3.77. The highest BCUT2D eigenvalue weighted by molar-refractivity contribution is 9.10. The van der Waals surface area contributed by atoms with Crippen molar-refractivity contribution in [2.75, 3.05) is 9.80 Å². The summed E-state index contributed by atoms with van der Waals surface area (Å²) in [6.45, 7) is 2.99. The first kappa shape index (κ1) is 19.1. The summed E-state index contributed by atoms with van der Waals surface area (Å²) < 4.78 is 12.4. The van der Waals surface area contributed by atoms with Gasteiger partial charge in [-0.15, -0.1) is 0 Å². The Morgan fingerprint density at radius 3 is 2.57 bits per heavy atom. The molecule has 1 unspecified atom stereocenters. The fourth-order valence-electron chi connectivity index (χ4n) is 4.07. The van der Waals surface area contributed by atoms with Gasteiger partial charge in [-0.25, -0.2) is 0 Å². The summed E-state index contributed by atoms with van der Waals surface area (Å²) in [6, 6.07) is 16.9. The molecule has 2 aromatic rings. The van der Waals surface area contributed by atoms with Crippen molar-refractivity contribution in [2.45, 2.75) is 25.4 Å². The zero-order chi connectivity index (χ0) is 20.3. The van der Waals surface area contributed by atoms with Crippen LogP contribution in [0.1, 0.15) is 18.4 Å². The number of benzene rings is 2. The summed E-state index contributed by atoms with van der Waals surface area (Å²) in [5.74, 6) is 0.788. The van der Waals surface area contributed by atoms with Gasteiger partial charge in [-0.3, -0.25) is 0 Å². The highest BCUT2D eigenvalue weighted by Crippen LogP contribution is 2.43. The molecule has 0 bridgehead atoms. The van der Waals surface area contributed by atoms with E-state index >= 15 is 0 Å². The minimum absolute atomic E-state index is 0.0593. The summed E-state index contributed by atoms with van der Waals surface area (Å²) >= 11 is 3.52. The molecule has 0 saturated carbocycles. The summed E-state index contributed by atoms with van der Waals surface area (Å²) in [4.78, 5) is 4.60. The Morgan fingerprint density at radius 2 is 1.83 bits per heavy atom. The number of para-hydroxylation sites is 2. The van der Waals surface area contributed by atoms with E-state index in [1.165, 1.54) is 16.8 Å². The molecule has 5 rings (SSSR count). The standard InChI is InChI=1S/C25H22BrN2O2/c26-21-12-10-19(11-13-21)16-27-18-28(23-9-5-4-8-22(23)27)25(20-6-2-1-3-7-20)24-17-29-14-15-30-24/h1-2,4-6,8-15,17-18,25H,3,7,16H2. The Balaban J connectivity index is 1.50. The van der Waals surface area contributed by atoms with Gasteiger partial charge >= 0.3 is 0 Å². The highest BCUT2D eigenvalue weighted by atomic mass is 79.9. The van der Waals surface area contributed by atoms with Crippen LogP contribution >= 0.6 is 15.9 Å². The fraction of sp³-hybridized carbons (Fsp3) is 0.160. The molecule has 1 aliphatic carbocycles. The first-order valence-corrected chi connectivity index (χ1v) is 10.9. The van der Waals surface area contributed by atoms with Gasteiger partial charge in [-0.05, 0) is 48.2 Å². The predicted octanol–water partition coefficient (Wildman–Crippen LogP) is 6.40. The molecule has 1 radical (unpaired) electrons. The van der Waals surface area contributed by atoms with Gasteiger partial charge in [0.25, 0.3) is 0 Å². The van der Waals surface area contributed by atoms with E-state index in [1.807, 2.05) is 0 Å². The number of nitrogens with zero attached hydrogens (tertiary/aromatic N) is 2. The maximum atomic E-state index is 5.89. The number of hydrogen-bond acceptors (Lipinski definition) is 4. The highest BCUT2D eigenvalue weighted by Gasteiger charge is 2.36. The van der Waals surface area contributed by atoms with E-state index in [0.29, 0.717) is 0 Å². The van der Waals surface area contributed by atoms with E-state index in [-0.39, 0.29) is 6.04 Å². The SMILES string of the molecule is Brc1ccc(CN2[CH]N(C(C3=CC=CCC3)C3=COC=CO3)c3ccccc32)cc1. The molecule has 5 heteroatoms. The van der Waals surface area contributed by atoms with Crippen molar-refractivity contribution in [1.29, 1.82) is 0 Å². The van der Waals surface area contributed by atoms with Gasteiger partial charge in [-0.2, -0.15) is 0 Å². The van der Waals surface area contributed by atoms with Crippen LogP contribution < -0.4 is 9.80 Å². The molecule has 0 spiro atoms. The Labute approximate surface area is 185 Å². The first-order valence-electron chi connectivity index (χ1n) is 10.1. The number of rotatable bonds is 5. The summed E-state index contributed by atoms with van der Waals surface area (Å²) in [5, 5.41) is 0. The molecular weight excluding hydrogens is 440 g/mol. The molecule has 3 aliphatic rings. The van der Waals surface area contributed by atoms with E-state index in [4.69, 9.17) is 9.47 Å². The number of anilines is 2. The molecular formula is C25H22BrN2O2. The van der Waals surface area contributed by atoms with Crippen molar-refractivity contribution < 1.29 is 9.47 Å². The van der Waals surface area contributed by atoms with Crippen LogP contribution in [0.15, 0.2) is 101 Å². The molecule has 0 saturated heterocycles. The van der Waals surface area contributed by atoms with Crippen molar-refractivity contribution in [3.05, 3.63) is 114 Å². The molecule has 0 aromatic heterocycles. The summed E-state index contributed by atoms with van der Waals surface area (Å²) in [7, 11) is 0. The predicted molar refractivity (Wildman–Crippen MR) is 123 cm³/mol. The van der Waals surface area contributed by atoms with Crippen LogP contribution in [-0.4, -0.2) is 6.04 Å². The minimum Gasteiger partial charge on any atom is -0.466 e. The van der Waals surface area contributed by atoms with Crippen LogP contribution in [0.4, 0.5) is 11.4 Å². The lowest BCUT2D eigenvalue weighted by atomic mass is 9.95. The molecule has 2 heterocycles. The third-order valence-corrected chi connectivity index (χ3v) is 6.00. The van der Waals surface area contributed by atoms with E-state index in [1.54, 1.807) is 18.8 Å². The van der Waals surface area contributed by atoms with Gasteiger partial charge < -0.3 is 19.3 Å².